The Morgan fingerprint density at radius 3 is 2.47 bits per heavy atom. The van der Waals surface area contributed by atoms with E-state index in [1.807, 2.05) is 31.2 Å². The summed E-state index contributed by atoms with van der Waals surface area (Å²) in [4.78, 5) is 10.9. The molecule has 0 radical (unpaired) electrons. The van der Waals surface area contributed by atoms with Gasteiger partial charge >= 0.3 is 0 Å². The normalized spacial score (nSPS) is 10.2. The third kappa shape index (κ3) is 2.23. The largest absolute Gasteiger partial charge is 0.497 e. The summed E-state index contributed by atoms with van der Waals surface area (Å²) in [6.07, 6.45) is 1.54. The Morgan fingerprint density at radius 1 is 1.29 bits per heavy atom. The number of carbonyl (C=O) groups is 1. The van der Waals surface area contributed by atoms with Gasteiger partial charge in [0.2, 0.25) is 0 Å². The number of hydrogen-bond acceptors (Lipinski definition) is 3. The zero-order chi connectivity index (χ0) is 12.3. The highest BCUT2D eigenvalue weighted by Crippen LogP contribution is 2.26. The Morgan fingerprint density at radius 2 is 2.00 bits per heavy atom. The van der Waals surface area contributed by atoms with Crippen LogP contribution >= 0.6 is 0 Å². The average Bonchev–Trinajstić information content (AvgIpc) is 2.82. The first-order valence-corrected chi connectivity index (χ1v) is 5.50. The Bertz CT molecular complexity index is 509. The molecule has 2 rings (SSSR count). The second-order valence-corrected chi connectivity index (χ2v) is 3.69. The van der Waals surface area contributed by atoms with Gasteiger partial charge in [-0.25, -0.2) is 0 Å². The smallest absolute Gasteiger partial charge is 0.153 e. The van der Waals surface area contributed by atoms with E-state index >= 15 is 0 Å². The minimum Gasteiger partial charge on any atom is -0.497 e. The van der Waals surface area contributed by atoms with Crippen LogP contribution in [-0.2, 0) is 6.42 Å². The van der Waals surface area contributed by atoms with E-state index in [2.05, 4.69) is 0 Å². The van der Waals surface area contributed by atoms with Crippen molar-refractivity contribution in [2.75, 3.05) is 7.11 Å². The van der Waals surface area contributed by atoms with Gasteiger partial charge in [-0.2, -0.15) is 0 Å². The first kappa shape index (κ1) is 11.5. The molecule has 2 aromatic rings. The summed E-state index contributed by atoms with van der Waals surface area (Å²) in [5.41, 5.74) is 1.56. The highest BCUT2D eigenvalue weighted by Gasteiger charge is 2.10. The van der Waals surface area contributed by atoms with Crippen molar-refractivity contribution in [1.82, 2.24) is 0 Å². The number of carbonyl (C=O) groups excluding carboxylic acids is 1. The summed E-state index contributed by atoms with van der Waals surface area (Å²) in [7, 11) is 1.63. The minimum absolute atomic E-state index is 0.623. The maximum absolute atomic E-state index is 10.9. The Kier molecular flexibility index (Phi) is 3.28. The standard InChI is InChI=1S/C14H14O3/c1-3-13-11(9-15)8-14(17-13)10-4-6-12(16-2)7-5-10/h4-9H,3H2,1-2H3. The molecule has 0 aliphatic carbocycles. The zero-order valence-corrected chi connectivity index (χ0v) is 9.90. The molecule has 0 unspecified atom stereocenters. The maximum atomic E-state index is 10.9. The van der Waals surface area contributed by atoms with E-state index in [-0.39, 0.29) is 0 Å². The average molecular weight is 230 g/mol. The van der Waals surface area contributed by atoms with E-state index in [1.54, 1.807) is 13.2 Å². The molecule has 88 valence electrons. The molecule has 0 N–H and O–H groups in total. The van der Waals surface area contributed by atoms with Gasteiger partial charge in [0, 0.05) is 12.0 Å². The Hall–Kier alpha value is -2.03. The van der Waals surface area contributed by atoms with Crippen LogP contribution in [0.1, 0.15) is 23.0 Å². The monoisotopic (exact) mass is 230 g/mol. The van der Waals surface area contributed by atoms with E-state index in [0.717, 1.165) is 23.4 Å². The summed E-state index contributed by atoms with van der Waals surface area (Å²) in [5.74, 6) is 2.24. The molecule has 1 heterocycles. The minimum atomic E-state index is 0.623. The van der Waals surface area contributed by atoms with Gasteiger partial charge in [0.25, 0.3) is 0 Å². The molecule has 0 aliphatic heterocycles. The van der Waals surface area contributed by atoms with Gasteiger partial charge in [-0.05, 0) is 30.3 Å². The highest BCUT2D eigenvalue weighted by atomic mass is 16.5. The molecule has 0 spiro atoms. The van der Waals surface area contributed by atoms with E-state index in [9.17, 15) is 4.79 Å². The summed E-state index contributed by atoms with van der Waals surface area (Å²) in [6, 6.07) is 9.32. The van der Waals surface area contributed by atoms with Crippen molar-refractivity contribution in [3.05, 3.63) is 41.7 Å². The molecule has 1 aromatic heterocycles. The first-order chi connectivity index (χ1) is 8.28. The van der Waals surface area contributed by atoms with Crippen LogP contribution in [0.2, 0.25) is 0 Å². The van der Waals surface area contributed by atoms with Crippen LogP contribution in [0.15, 0.2) is 34.7 Å². The van der Waals surface area contributed by atoms with Crippen molar-refractivity contribution in [1.29, 1.82) is 0 Å². The van der Waals surface area contributed by atoms with E-state index < -0.39 is 0 Å². The van der Waals surface area contributed by atoms with Crippen molar-refractivity contribution in [2.45, 2.75) is 13.3 Å². The molecule has 3 nitrogen and oxygen atoms in total. The molecular weight excluding hydrogens is 216 g/mol. The fraction of sp³-hybridized carbons (Fsp3) is 0.214. The van der Waals surface area contributed by atoms with E-state index in [4.69, 9.17) is 9.15 Å². The van der Waals surface area contributed by atoms with Crippen molar-refractivity contribution in [3.8, 4) is 17.1 Å². The number of ether oxygens (including phenoxy) is 1. The SMILES string of the molecule is CCc1oc(-c2ccc(OC)cc2)cc1C=O. The number of rotatable bonds is 4. The first-order valence-electron chi connectivity index (χ1n) is 5.50. The number of hydrogen-bond donors (Lipinski definition) is 0. The third-order valence-corrected chi connectivity index (χ3v) is 2.66. The van der Waals surface area contributed by atoms with Crippen LogP contribution in [0.3, 0.4) is 0 Å². The van der Waals surface area contributed by atoms with E-state index in [0.29, 0.717) is 17.7 Å². The molecule has 3 heteroatoms. The quantitative estimate of drug-likeness (QED) is 0.756. The summed E-state index contributed by atoms with van der Waals surface area (Å²) in [6.45, 7) is 1.96. The Labute approximate surface area is 100 Å². The lowest BCUT2D eigenvalue weighted by molar-refractivity contribution is 0.112. The van der Waals surface area contributed by atoms with Crippen LogP contribution < -0.4 is 4.74 Å². The molecule has 0 amide bonds. The lowest BCUT2D eigenvalue weighted by atomic mass is 10.1. The van der Waals surface area contributed by atoms with Crippen molar-refractivity contribution < 1.29 is 13.9 Å². The van der Waals surface area contributed by atoms with Gasteiger partial charge < -0.3 is 9.15 Å². The number of aldehydes is 1. The van der Waals surface area contributed by atoms with Gasteiger partial charge in [-0.3, -0.25) is 4.79 Å². The van der Waals surface area contributed by atoms with Gasteiger partial charge in [-0.1, -0.05) is 6.92 Å². The van der Waals surface area contributed by atoms with Gasteiger partial charge in [0.05, 0.1) is 12.7 Å². The zero-order valence-electron chi connectivity index (χ0n) is 9.90. The molecule has 0 fully saturated rings. The van der Waals surface area contributed by atoms with Crippen LogP contribution in [-0.4, -0.2) is 13.4 Å². The van der Waals surface area contributed by atoms with Crippen molar-refractivity contribution in [2.24, 2.45) is 0 Å². The molecular formula is C14H14O3. The fourth-order valence-corrected chi connectivity index (χ4v) is 1.72. The maximum Gasteiger partial charge on any atom is 0.153 e. The number of benzene rings is 1. The van der Waals surface area contributed by atoms with Crippen LogP contribution in [0.5, 0.6) is 5.75 Å². The molecule has 0 aliphatic rings. The second kappa shape index (κ2) is 4.87. The molecule has 17 heavy (non-hydrogen) atoms. The fourth-order valence-electron chi connectivity index (χ4n) is 1.72. The Balaban J connectivity index is 2.38. The number of furan rings is 1. The highest BCUT2D eigenvalue weighted by molar-refractivity contribution is 5.79. The molecule has 0 saturated heterocycles. The van der Waals surface area contributed by atoms with Crippen molar-refractivity contribution in [3.63, 3.8) is 0 Å². The summed E-state index contributed by atoms with van der Waals surface area (Å²) >= 11 is 0. The summed E-state index contributed by atoms with van der Waals surface area (Å²) in [5, 5.41) is 0. The molecule has 0 atom stereocenters. The third-order valence-electron chi connectivity index (χ3n) is 2.66. The topological polar surface area (TPSA) is 39.4 Å². The van der Waals surface area contributed by atoms with Gasteiger partial charge in [0.15, 0.2) is 6.29 Å². The predicted molar refractivity (Wildman–Crippen MR) is 65.5 cm³/mol. The van der Waals surface area contributed by atoms with Crippen LogP contribution in [0.4, 0.5) is 0 Å². The molecule has 1 aromatic carbocycles. The molecule has 0 bridgehead atoms. The number of aryl methyl sites for hydroxylation is 1. The van der Waals surface area contributed by atoms with Gasteiger partial charge in [0.1, 0.15) is 17.3 Å². The van der Waals surface area contributed by atoms with E-state index in [1.165, 1.54) is 0 Å². The predicted octanol–water partition coefficient (Wildman–Crippen LogP) is 3.33. The van der Waals surface area contributed by atoms with Gasteiger partial charge in [-0.15, -0.1) is 0 Å². The second-order valence-electron chi connectivity index (χ2n) is 3.69. The lowest BCUT2D eigenvalue weighted by Crippen LogP contribution is -1.81. The van der Waals surface area contributed by atoms with Crippen LogP contribution in [0.25, 0.3) is 11.3 Å². The molecule has 0 saturated carbocycles. The summed E-state index contributed by atoms with van der Waals surface area (Å²) < 4.78 is 10.7. The lowest BCUT2D eigenvalue weighted by Gasteiger charge is -2.00. The number of methoxy groups -OCH3 is 1. The van der Waals surface area contributed by atoms with Crippen LogP contribution in [0, 0.1) is 0 Å². The van der Waals surface area contributed by atoms with Crippen molar-refractivity contribution >= 4 is 6.29 Å².